The molecule has 0 aliphatic heterocycles. The van der Waals surface area contributed by atoms with Crippen molar-refractivity contribution in [2.75, 3.05) is 18.5 Å². The molecule has 1 aromatic rings. The average molecular weight is 290 g/mol. The zero-order valence-electron chi connectivity index (χ0n) is 13.1. The molecular formula is C17H26N2O2. The number of ether oxygens (including phenoxy) is 1. The first-order chi connectivity index (χ1) is 10.1. The van der Waals surface area contributed by atoms with E-state index in [0.29, 0.717) is 13.2 Å². The summed E-state index contributed by atoms with van der Waals surface area (Å²) in [4.78, 5) is 12.6. The molecule has 1 aliphatic rings. The van der Waals surface area contributed by atoms with E-state index >= 15 is 0 Å². The largest absolute Gasteiger partial charge is 0.491 e. The molecule has 0 aromatic heterocycles. The normalized spacial score (nSPS) is 16.7. The van der Waals surface area contributed by atoms with Crippen molar-refractivity contribution in [1.29, 1.82) is 0 Å². The Bertz CT molecular complexity index is 494. The molecule has 1 amide bonds. The van der Waals surface area contributed by atoms with Crippen LogP contribution in [0.25, 0.3) is 0 Å². The number of hydrogen-bond acceptors (Lipinski definition) is 3. The van der Waals surface area contributed by atoms with E-state index in [9.17, 15) is 4.79 Å². The Morgan fingerprint density at radius 1 is 1.38 bits per heavy atom. The van der Waals surface area contributed by atoms with Crippen molar-refractivity contribution in [2.24, 2.45) is 11.1 Å². The molecule has 1 fully saturated rings. The highest BCUT2D eigenvalue weighted by Crippen LogP contribution is 2.39. The lowest BCUT2D eigenvalue weighted by atomic mass is 9.85. The number of anilines is 1. The molecule has 0 atom stereocenters. The maximum atomic E-state index is 12.6. The van der Waals surface area contributed by atoms with E-state index in [2.05, 4.69) is 12.2 Å². The molecule has 1 aliphatic carbocycles. The first-order valence-corrected chi connectivity index (χ1v) is 7.86. The first kappa shape index (κ1) is 15.8. The minimum atomic E-state index is -0.396. The minimum Gasteiger partial charge on any atom is -0.491 e. The smallest absolute Gasteiger partial charge is 0.231 e. The minimum absolute atomic E-state index is 0.0349. The number of hydrogen-bond donors (Lipinski definition) is 2. The predicted molar refractivity (Wildman–Crippen MR) is 85.6 cm³/mol. The van der Waals surface area contributed by atoms with Crippen molar-refractivity contribution in [3.05, 3.63) is 23.8 Å². The van der Waals surface area contributed by atoms with Gasteiger partial charge < -0.3 is 15.8 Å². The van der Waals surface area contributed by atoms with Gasteiger partial charge in [0.05, 0.1) is 17.7 Å². The second-order valence-corrected chi connectivity index (χ2v) is 5.99. The fourth-order valence-electron chi connectivity index (χ4n) is 2.89. The van der Waals surface area contributed by atoms with Crippen molar-refractivity contribution in [2.45, 2.75) is 46.0 Å². The van der Waals surface area contributed by atoms with Gasteiger partial charge in [-0.25, -0.2) is 0 Å². The van der Waals surface area contributed by atoms with Crippen LogP contribution in [-0.4, -0.2) is 19.1 Å². The van der Waals surface area contributed by atoms with Gasteiger partial charge in [0.2, 0.25) is 5.91 Å². The standard InChI is InChI=1S/C17H26N2O2/c1-3-10-21-15-11-13(2)6-7-14(15)19-16(20)17(12-18)8-4-5-9-17/h6-7,11H,3-5,8-10,12,18H2,1-2H3,(H,19,20). The first-order valence-electron chi connectivity index (χ1n) is 7.86. The van der Waals surface area contributed by atoms with Crippen LogP contribution < -0.4 is 15.8 Å². The highest BCUT2D eigenvalue weighted by molar-refractivity contribution is 5.97. The van der Waals surface area contributed by atoms with Crippen molar-refractivity contribution < 1.29 is 9.53 Å². The highest BCUT2D eigenvalue weighted by atomic mass is 16.5. The molecule has 1 saturated carbocycles. The summed E-state index contributed by atoms with van der Waals surface area (Å²) in [6.45, 7) is 5.14. The molecule has 0 bridgehead atoms. The van der Waals surface area contributed by atoms with Crippen LogP contribution in [0.15, 0.2) is 18.2 Å². The van der Waals surface area contributed by atoms with Crippen LogP contribution in [-0.2, 0) is 4.79 Å². The molecule has 3 N–H and O–H groups in total. The summed E-state index contributed by atoms with van der Waals surface area (Å²) < 4.78 is 5.75. The zero-order chi connectivity index (χ0) is 15.3. The Balaban J connectivity index is 2.16. The van der Waals surface area contributed by atoms with E-state index < -0.39 is 5.41 Å². The maximum Gasteiger partial charge on any atom is 0.231 e. The van der Waals surface area contributed by atoms with E-state index in [4.69, 9.17) is 10.5 Å². The molecule has 0 heterocycles. The number of rotatable bonds is 6. The fourth-order valence-corrected chi connectivity index (χ4v) is 2.89. The van der Waals surface area contributed by atoms with Gasteiger partial charge in [0.1, 0.15) is 5.75 Å². The van der Waals surface area contributed by atoms with Crippen LogP contribution in [0.5, 0.6) is 5.75 Å². The summed E-state index contributed by atoms with van der Waals surface area (Å²) >= 11 is 0. The number of benzene rings is 1. The van der Waals surface area contributed by atoms with Crippen molar-refractivity contribution in [3.8, 4) is 5.75 Å². The monoisotopic (exact) mass is 290 g/mol. The molecule has 1 aromatic carbocycles. The topological polar surface area (TPSA) is 64.3 Å². The van der Waals surface area contributed by atoms with Gasteiger partial charge in [0.15, 0.2) is 0 Å². The van der Waals surface area contributed by atoms with Crippen molar-refractivity contribution in [3.63, 3.8) is 0 Å². The Morgan fingerprint density at radius 2 is 2.10 bits per heavy atom. The number of carbonyl (C=O) groups is 1. The summed E-state index contributed by atoms with van der Waals surface area (Å²) in [6.07, 6.45) is 4.86. The molecule has 116 valence electrons. The number of nitrogens with two attached hydrogens (primary N) is 1. The van der Waals surface area contributed by atoms with Crippen LogP contribution in [0, 0.1) is 12.3 Å². The molecule has 0 spiro atoms. The number of amides is 1. The van der Waals surface area contributed by atoms with Crippen LogP contribution in [0.3, 0.4) is 0 Å². The van der Waals surface area contributed by atoms with Crippen LogP contribution in [0.2, 0.25) is 0 Å². The number of carbonyl (C=O) groups excluding carboxylic acids is 1. The van der Waals surface area contributed by atoms with E-state index in [1.54, 1.807) is 0 Å². The number of nitrogens with one attached hydrogen (secondary N) is 1. The Labute approximate surface area is 127 Å². The van der Waals surface area contributed by atoms with Crippen LogP contribution in [0.1, 0.15) is 44.6 Å². The van der Waals surface area contributed by atoms with Crippen molar-refractivity contribution >= 4 is 11.6 Å². The lowest BCUT2D eigenvalue weighted by molar-refractivity contribution is -0.124. The third kappa shape index (κ3) is 3.56. The second kappa shape index (κ2) is 6.94. The second-order valence-electron chi connectivity index (χ2n) is 5.99. The van der Waals surface area contributed by atoms with Crippen LogP contribution >= 0.6 is 0 Å². The van der Waals surface area contributed by atoms with E-state index in [-0.39, 0.29) is 5.91 Å². The molecule has 0 unspecified atom stereocenters. The third-order valence-electron chi connectivity index (χ3n) is 4.28. The van der Waals surface area contributed by atoms with Crippen molar-refractivity contribution in [1.82, 2.24) is 0 Å². The third-order valence-corrected chi connectivity index (χ3v) is 4.28. The Morgan fingerprint density at radius 3 is 2.71 bits per heavy atom. The maximum absolute atomic E-state index is 12.6. The van der Waals surface area contributed by atoms with E-state index in [0.717, 1.165) is 49.1 Å². The molecular weight excluding hydrogens is 264 g/mol. The fraction of sp³-hybridized carbons (Fsp3) is 0.588. The van der Waals surface area contributed by atoms with Gasteiger partial charge >= 0.3 is 0 Å². The number of aryl methyl sites for hydroxylation is 1. The SMILES string of the molecule is CCCOc1cc(C)ccc1NC(=O)C1(CN)CCCC1. The molecule has 2 rings (SSSR count). The summed E-state index contributed by atoms with van der Waals surface area (Å²) in [5.41, 5.74) is 7.35. The summed E-state index contributed by atoms with van der Waals surface area (Å²) in [5.74, 6) is 0.781. The summed E-state index contributed by atoms with van der Waals surface area (Å²) in [7, 11) is 0. The molecule has 4 heteroatoms. The van der Waals surface area contributed by atoms with Gasteiger partial charge in [0.25, 0.3) is 0 Å². The molecule has 21 heavy (non-hydrogen) atoms. The lowest BCUT2D eigenvalue weighted by Gasteiger charge is -2.26. The quantitative estimate of drug-likeness (QED) is 0.845. The van der Waals surface area contributed by atoms with E-state index in [1.165, 1.54) is 0 Å². The van der Waals surface area contributed by atoms with E-state index in [1.807, 2.05) is 25.1 Å². The predicted octanol–water partition coefficient (Wildman–Crippen LogP) is 3.24. The summed E-state index contributed by atoms with van der Waals surface area (Å²) in [5, 5.41) is 3.04. The molecule has 0 radical (unpaired) electrons. The van der Waals surface area contributed by atoms with Gasteiger partial charge in [-0.3, -0.25) is 4.79 Å². The lowest BCUT2D eigenvalue weighted by Crippen LogP contribution is -2.40. The van der Waals surface area contributed by atoms with Gasteiger partial charge in [0, 0.05) is 6.54 Å². The Kier molecular flexibility index (Phi) is 5.23. The molecule has 4 nitrogen and oxygen atoms in total. The molecule has 0 saturated heterocycles. The average Bonchev–Trinajstić information content (AvgIpc) is 2.97. The van der Waals surface area contributed by atoms with Gasteiger partial charge in [-0.05, 0) is 43.9 Å². The zero-order valence-corrected chi connectivity index (χ0v) is 13.1. The summed E-state index contributed by atoms with van der Waals surface area (Å²) in [6, 6.07) is 5.87. The Hall–Kier alpha value is -1.55. The highest BCUT2D eigenvalue weighted by Gasteiger charge is 2.40. The van der Waals surface area contributed by atoms with Gasteiger partial charge in [-0.15, -0.1) is 0 Å². The van der Waals surface area contributed by atoms with Gasteiger partial charge in [-0.1, -0.05) is 25.8 Å². The van der Waals surface area contributed by atoms with Crippen LogP contribution in [0.4, 0.5) is 5.69 Å². The van der Waals surface area contributed by atoms with Gasteiger partial charge in [-0.2, -0.15) is 0 Å².